The van der Waals surface area contributed by atoms with Crippen LogP contribution in [0.3, 0.4) is 0 Å². The number of carbonyl (C=O) groups is 3. The van der Waals surface area contributed by atoms with Gasteiger partial charge in [0, 0.05) is 61.8 Å². The molecule has 3 aromatic rings. The summed E-state index contributed by atoms with van der Waals surface area (Å²) in [6.07, 6.45) is 9.24. The lowest BCUT2D eigenvalue weighted by Crippen LogP contribution is -2.58. The maximum atomic E-state index is 13.8. The van der Waals surface area contributed by atoms with Crippen LogP contribution >= 0.6 is 0 Å². The van der Waals surface area contributed by atoms with E-state index in [-0.39, 0.29) is 29.7 Å². The maximum Gasteiger partial charge on any atom is 0.253 e. The molecule has 232 valence electrons. The maximum absolute atomic E-state index is 13.8. The second-order valence-electron chi connectivity index (χ2n) is 12.4. The summed E-state index contributed by atoms with van der Waals surface area (Å²) < 4.78 is 11.7. The lowest BCUT2D eigenvalue weighted by molar-refractivity contribution is -0.140. The van der Waals surface area contributed by atoms with E-state index in [1.807, 2.05) is 47.4 Å². The molecule has 2 aromatic heterocycles. The van der Waals surface area contributed by atoms with Gasteiger partial charge in [0.05, 0.1) is 24.2 Å². The first-order valence-corrected chi connectivity index (χ1v) is 15.7. The molecule has 1 fully saturated rings. The highest BCUT2D eigenvalue weighted by atomic mass is 16.5. The third-order valence-electron chi connectivity index (χ3n) is 9.63. The van der Waals surface area contributed by atoms with Crippen molar-refractivity contribution in [2.75, 3.05) is 38.3 Å². The van der Waals surface area contributed by atoms with Gasteiger partial charge in [0.1, 0.15) is 11.9 Å². The van der Waals surface area contributed by atoms with Crippen molar-refractivity contribution in [3.63, 3.8) is 0 Å². The van der Waals surface area contributed by atoms with Gasteiger partial charge in [-0.15, -0.1) is 0 Å². The van der Waals surface area contributed by atoms with E-state index in [9.17, 15) is 14.4 Å². The number of aromatic nitrogens is 2. The van der Waals surface area contributed by atoms with Crippen molar-refractivity contribution in [1.82, 2.24) is 20.2 Å². The second kappa shape index (κ2) is 12.2. The minimum absolute atomic E-state index is 0.0441. The Kier molecular flexibility index (Phi) is 7.93. The van der Waals surface area contributed by atoms with Gasteiger partial charge in [0.25, 0.3) is 5.91 Å². The van der Waals surface area contributed by atoms with Gasteiger partial charge in [-0.05, 0) is 55.0 Å². The van der Waals surface area contributed by atoms with Crippen LogP contribution in [0.25, 0.3) is 6.08 Å². The highest BCUT2D eigenvalue weighted by Crippen LogP contribution is 2.46. The van der Waals surface area contributed by atoms with E-state index in [0.29, 0.717) is 63.6 Å². The Morgan fingerprint density at radius 1 is 0.978 bits per heavy atom. The van der Waals surface area contributed by atoms with E-state index in [0.717, 1.165) is 34.4 Å². The summed E-state index contributed by atoms with van der Waals surface area (Å²) in [6.45, 7) is 4.40. The molecule has 7 bridgehead atoms. The van der Waals surface area contributed by atoms with Crippen molar-refractivity contribution in [2.24, 2.45) is 0 Å². The number of nitrogens with one attached hydrogen (secondary N) is 2. The summed E-state index contributed by atoms with van der Waals surface area (Å²) in [5.74, 6) is 0.0247. The Morgan fingerprint density at radius 2 is 1.82 bits per heavy atom. The first-order valence-electron chi connectivity index (χ1n) is 15.7. The fourth-order valence-corrected chi connectivity index (χ4v) is 7.21. The zero-order valence-electron chi connectivity index (χ0n) is 25.3. The quantitative estimate of drug-likeness (QED) is 0.435. The van der Waals surface area contributed by atoms with Crippen LogP contribution in [0.15, 0.2) is 60.9 Å². The zero-order chi connectivity index (χ0) is 31.0. The van der Waals surface area contributed by atoms with Crippen LogP contribution in [-0.2, 0) is 37.3 Å². The van der Waals surface area contributed by atoms with Gasteiger partial charge in [-0.25, -0.2) is 4.98 Å². The van der Waals surface area contributed by atoms with E-state index in [1.165, 1.54) is 0 Å². The molecule has 0 radical (unpaired) electrons. The fraction of sp³-hybridized carbons (Fsp3) is 0.400. The molecule has 45 heavy (non-hydrogen) atoms. The molecule has 4 atom stereocenters. The lowest BCUT2D eigenvalue weighted by atomic mass is 9.79. The van der Waals surface area contributed by atoms with Crippen LogP contribution in [0.5, 0.6) is 0 Å². The molecule has 4 aliphatic rings. The molecule has 7 rings (SSSR count). The van der Waals surface area contributed by atoms with Gasteiger partial charge in [0.15, 0.2) is 0 Å². The summed E-state index contributed by atoms with van der Waals surface area (Å²) in [5, 5.41) is 5.98. The Labute approximate surface area is 262 Å². The SMILES string of the molecule is CC1C(c2ccccc2)CC2NC(=O)c3cnc4c(c3)C[C@@]3(C4)C(=O)Nc4ncc(cc43)/C=C\COCCCOCCN1C2=O. The van der Waals surface area contributed by atoms with Crippen LogP contribution in [0, 0.1) is 0 Å². The number of piperidine rings is 1. The Bertz CT molecular complexity index is 1660. The standard InChI is InChI=1S/C35H37N5O5/c1-22-27(24-8-3-2-4-9-24)17-29-33(42)40(22)10-14-45-13-6-12-44-11-5-7-23-15-28-31(37-20-23)39-34(43)35(28)18-25-16-26(32(41)38-29)21-36-30(25)19-35/h2-5,7-9,15-16,20-22,27,29H,6,10-14,17-19H2,1H3,(H,38,41)(H,37,39,43)/b7-5-/t22?,27?,29?,35-/m0/s1. The van der Waals surface area contributed by atoms with Crippen molar-refractivity contribution in [1.29, 1.82) is 0 Å². The van der Waals surface area contributed by atoms with Crippen LogP contribution in [0.4, 0.5) is 5.82 Å². The third kappa shape index (κ3) is 5.53. The molecule has 3 unspecified atom stereocenters. The zero-order valence-corrected chi connectivity index (χ0v) is 25.3. The van der Waals surface area contributed by atoms with Gasteiger partial charge in [-0.2, -0.15) is 0 Å². The van der Waals surface area contributed by atoms with Gasteiger partial charge in [-0.1, -0.05) is 42.5 Å². The summed E-state index contributed by atoms with van der Waals surface area (Å²) in [4.78, 5) is 51.9. The van der Waals surface area contributed by atoms with Crippen molar-refractivity contribution in [3.8, 4) is 0 Å². The van der Waals surface area contributed by atoms with Crippen LogP contribution in [0.1, 0.15) is 64.0 Å². The minimum atomic E-state index is -0.832. The predicted octanol–water partition coefficient (Wildman–Crippen LogP) is 3.42. The number of anilines is 1. The molecular formula is C35H37N5O5. The summed E-state index contributed by atoms with van der Waals surface area (Å²) in [6, 6.07) is 13.2. The molecule has 10 heteroatoms. The number of ether oxygens (including phenoxy) is 2. The van der Waals surface area contributed by atoms with Crippen LogP contribution in [0.2, 0.25) is 0 Å². The number of amides is 3. The Hall–Kier alpha value is -4.41. The average molecular weight is 608 g/mol. The number of rotatable bonds is 1. The topological polar surface area (TPSA) is 123 Å². The van der Waals surface area contributed by atoms with Crippen molar-refractivity contribution >= 4 is 29.6 Å². The van der Waals surface area contributed by atoms with E-state index >= 15 is 0 Å². The largest absolute Gasteiger partial charge is 0.380 e. The number of fused-ring (bicyclic) bond motifs is 4. The molecule has 10 nitrogen and oxygen atoms in total. The van der Waals surface area contributed by atoms with Gasteiger partial charge >= 0.3 is 0 Å². The fourth-order valence-electron chi connectivity index (χ4n) is 7.21. The van der Waals surface area contributed by atoms with E-state index in [1.54, 1.807) is 12.4 Å². The predicted molar refractivity (Wildman–Crippen MR) is 168 cm³/mol. The van der Waals surface area contributed by atoms with Crippen molar-refractivity contribution < 1.29 is 23.9 Å². The van der Waals surface area contributed by atoms with Gasteiger partial charge in [0.2, 0.25) is 11.8 Å². The summed E-state index contributed by atoms with van der Waals surface area (Å²) in [7, 11) is 0. The molecule has 2 N–H and O–H groups in total. The average Bonchev–Trinajstić information content (AvgIpc) is 3.57. The summed E-state index contributed by atoms with van der Waals surface area (Å²) in [5.41, 5.74) is 4.02. The first-order chi connectivity index (χ1) is 21.9. The molecule has 3 amide bonds. The Balaban J connectivity index is 1.19. The van der Waals surface area contributed by atoms with E-state index < -0.39 is 11.5 Å². The van der Waals surface area contributed by atoms with Gasteiger partial charge in [-0.3, -0.25) is 19.4 Å². The first kappa shape index (κ1) is 29.3. The highest BCUT2D eigenvalue weighted by Gasteiger charge is 2.52. The van der Waals surface area contributed by atoms with Crippen LogP contribution in [-0.4, -0.2) is 77.6 Å². The molecular weight excluding hydrogens is 570 g/mol. The highest BCUT2D eigenvalue weighted by molar-refractivity contribution is 6.06. The number of hydrogen-bond acceptors (Lipinski definition) is 7. The molecule has 5 heterocycles. The second-order valence-corrected chi connectivity index (χ2v) is 12.4. The number of hydrogen-bond donors (Lipinski definition) is 2. The van der Waals surface area contributed by atoms with Crippen molar-refractivity contribution in [2.45, 2.75) is 56.0 Å². The smallest absolute Gasteiger partial charge is 0.253 e. The normalized spacial score (nSPS) is 27.6. The van der Waals surface area contributed by atoms with E-state index in [4.69, 9.17) is 9.47 Å². The molecule has 1 aromatic carbocycles. The number of carbonyl (C=O) groups excluding carboxylic acids is 3. The molecule has 1 aliphatic carbocycles. The molecule has 1 saturated heterocycles. The van der Waals surface area contributed by atoms with Crippen molar-refractivity contribution in [3.05, 3.63) is 94.4 Å². The number of benzene rings is 1. The minimum Gasteiger partial charge on any atom is -0.380 e. The number of nitrogens with zero attached hydrogens (tertiary/aromatic N) is 3. The van der Waals surface area contributed by atoms with Gasteiger partial charge < -0.3 is 25.0 Å². The van der Waals surface area contributed by atoms with E-state index in [2.05, 4.69) is 39.7 Å². The monoisotopic (exact) mass is 607 g/mol. The number of pyridine rings is 2. The van der Waals surface area contributed by atoms with Crippen LogP contribution < -0.4 is 10.6 Å². The molecule has 1 spiro atoms. The molecule has 3 aliphatic heterocycles. The summed E-state index contributed by atoms with van der Waals surface area (Å²) >= 11 is 0. The lowest BCUT2D eigenvalue weighted by Gasteiger charge is -2.43. The Morgan fingerprint density at radius 3 is 2.69 bits per heavy atom. The molecule has 0 saturated carbocycles. The third-order valence-corrected chi connectivity index (χ3v) is 9.63.